The molecule has 0 rings (SSSR count). The highest BCUT2D eigenvalue weighted by Crippen LogP contribution is 2.12. The van der Waals surface area contributed by atoms with E-state index in [9.17, 15) is 19.5 Å². The third-order valence-corrected chi connectivity index (χ3v) is 8.48. The zero-order valence-electron chi connectivity index (χ0n) is 33.0. The molecule has 0 aliphatic carbocycles. The van der Waals surface area contributed by atoms with Crippen molar-refractivity contribution in [1.29, 1.82) is 0 Å². The molecule has 0 amide bonds. The maximum absolute atomic E-state index is 12.6. The number of nitrogens with zero attached hydrogens (tertiary/aromatic N) is 1. The highest BCUT2D eigenvalue weighted by molar-refractivity contribution is 5.70. The van der Waals surface area contributed by atoms with Gasteiger partial charge in [-0.15, -0.1) is 0 Å². The van der Waals surface area contributed by atoms with E-state index in [4.69, 9.17) is 14.2 Å². The Morgan fingerprint density at radius 1 is 0.608 bits per heavy atom. The third kappa shape index (κ3) is 32.7. The molecule has 0 aromatic carbocycles. The summed E-state index contributed by atoms with van der Waals surface area (Å²) in [5.41, 5.74) is 0. The lowest BCUT2D eigenvalue weighted by Crippen LogP contribution is -2.55. The Morgan fingerprint density at radius 2 is 1.12 bits per heavy atom. The molecule has 0 radical (unpaired) electrons. The van der Waals surface area contributed by atoms with E-state index in [1.807, 2.05) is 36.5 Å². The average Bonchev–Trinajstić information content (AvgIpc) is 3.08. The van der Waals surface area contributed by atoms with Crippen LogP contribution >= 0.6 is 0 Å². The molecule has 0 heterocycles. The molecule has 0 aromatic heterocycles. The van der Waals surface area contributed by atoms with Gasteiger partial charge in [-0.25, -0.2) is 0 Å². The lowest BCUT2D eigenvalue weighted by molar-refractivity contribution is -0.889. The quantitative estimate of drug-likeness (QED) is 0.0216. The SMILES string of the molecule is CC/C=C/C=C/C=C/C=C/CCCCCC(=O)OC(COCCC(C(=O)[O-])[N+](C)(C)C)COC(=O)CCCCC/C=C/CCCCCCCCC. The normalized spacial score (nSPS) is 13.7. The minimum Gasteiger partial charge on any atom is -0.544 e. The number of likely N-dealkylation sites (N-methyl/N-ethyl adjacent to an activating group) is 1. The van der Waals surface area contributed by atoms with Crippen LogP contribution in [0.15, 0.2) is 60.8 Å². The van der Waals surface area contributed by atoms with Gasteiger partial charge in [-0.05, 0) is 57.8 Å². The number of aliphatic carboxylic acids is 1. The largest absolute Gasteiger partial charge is 0.544 e. The Labute approximate surface area is 311 Å². The molecule has 0 aliphatic heterocycles. The highest BCUT2D eigenvalue weighted by Gasteiger charge is 2.25. The lowest BCUT2D eigenvalue weighted by Gasteiger charge is -2.34. The number of hydrogen-bond donors (Lipinski definition) is 0. The molecule has 8 nitrogen and oxygen atoms in total. The second-order valence-electron chi connectivity index (χ2n) is 14.2. The van der Waals surface area contributed by atoms with Crippen molar-refractivity contribution in [3.8, 4) is 0 Å². The summed E-state index contributed by atoms with van der Waals surface area (Å²) >= 11 is 0. The number of unbranched alkanes of at least 4 members (excludes halogenated alkanes) is 13. The molecule has 292 valence electrons. The Balaban J connectivity index is 4.50. The number of carbonyl (C=O) groups is 3. The van der Waals surface area contributed by atoms with Gasteiger partial charge in [-0.1, -0.05) is 126 Å². The van der Waals surface area contributed by atoms with E-state index in [-0.39, 0.29) is 49.1 Å². The van der Waals surface area contributed by atoms with Crippen LogP contribution < -0.4 is 5.11 Å². The monoisotopic (exact) mass is 716 g/mol. The maximum Gasteiger partial charge on any atom is 0.306 e. The van der Waals surface area contributed by atoms with Crippen LogP contribution in [0.2, 0.25) is 0 Å². The van der Waals surface area contributed by atoms with Crippen molar-refractivity contribution in [2.45, 2.75) is 154 Å². The van der Waals surface area contributed by atoms with Crippen LogP contribution in [0.25, 0.3) is 0 Å². The third-order valence-electron chi connectivity index (χ3n) is 8.48. The molecule has 51 heavy (non-hydrogen) atoms. The first-order valence-electron chi connectivity index (χ1n) is 19.9. The lowest BCUT2D eigenvalue weighted by atomic mass is 10.1. The Bertz CT molecular complexity index is 1020. The summed E-state index contributed by atoms with van der Waals surface area (Å²) < 4.78 is 17.0. The number of ether oxygens (including phenoxy) is 3. The summed E-state index contributed by atoms with van der Waals surface area (Å²) in [6, 6.07) is -0.736. The molecule has 0 spiro atoms. The molecular weight excluding hydrogens is 642 g/mol. The number of quaternary nitrogens is 1. The predicted molar refractivity (Wildman–Crippen MR) is 208 cm³/mol. The number of rotatable bonds is 34. The first-order valence-corrected chi connectivity index (χ1v) is 19.9. The number of allylic oxidation sites excluding steroid dienone is 10. The van der Waals surface area contributed by atoms with Crippen molar-refractivity contribution in [1.82, 2.24) is 0 Å². The topological polar surface area (TPSA) is 102 Å². The first kappa shape index (κ1) is 48.0. The van der Waals surface area contributed by atoms with Gasteiger partial charge < -0.3 is 28.6 Å². The van der Waals surface area contributed by atoms with Gasteiger partial charge in [0.05, 0.1) is 40.3 Å². The van der Waals surface area contributed by atoms with Gasteiger partial charge in [-0.3, -0.25) is 9.59 Å². The number of carboxylic acids is 1. The van der Waals surface area contributed by atoms with E-state index < -0.39 is 18.1 Å². The number of esters is 2. The maximum atomic E-state index is 12.6. The zero-order chi connectivity index (χ0) is 37.8. The Kier molecular flexibility index (Phi) is 32.1. The van der Waals surface area contributed by atoms with Crippen LogP contribution in [0.4, 0.5) is 0 Å². The number of carbonyl (C=O) groups excluding carboxylic acids is 3. The standard InChI is InChI=1S/C43H73NO7/c1-6-8-10-12-14-16-18-20-22-23-25-27-29-31-33-41(45)50-38-39(37-49-36-35-40(43(47)48)44(3,4)5)51-42(46)34-32-30-28-26-24-21-19-17-15-13-11-9-7-2/h9,11,13,15,17,19,21-24,39-40H,6-8,10,12,14,16,18,20,25-38H2,1-5H3/b11-9+,15-13+,19-17+,23-22+,24-21+. The highest BCUT2D eigenvalue weighted by atomic mass is 16.6. The van der Waals surface area contributed by atoms with E-state index >= 15 is 0 Å². The summed E-state index contributed by atoms with van der Waals surface area (Å²) in [5.74, 6) is -1.82. The Morgan fingerprint density at radius 3 is 1.69 bits per heavy atom. The van der Waals surface area contributed by atoms with Crippen LogP contribution in [-0.4, -0.2) is 75.5 Å². The number of carboxylic acid groups (broad SMARTS) is 1. The summed E-state index contributed by atoms with van der Waals surface area (Å²) in [5, 5.41) is 11.6. The molecule has 2 atom stereocenters. The molecule has 2 unspecified atom stereocenters. The fraction of sp³-hybridized carbons (Fsp3) is 0.698. The van der Waals surface area contributed by atoms with Crippen molar-refractivity contribution in [2.75, 3.05) is 41.0 Å². The van der Waals surface area contributed by atoms with Crippen LogP contribution in [-0.2, 0) is 28.6 Å². The zero-order valence-corrected chi connectivity index (χ0v) is 33.0. The minimum atomic E-state index is -1.14. The van der Waals surface area contributed by atoms with Crippen molar-refractivity contribution in [3.05, 3.63) is 60.8 Å². The van der Waals surface area contributed by atoms with Crippen LogP contribution in [0.3, 0.4) is 0 Å². The van der Waals surface area contributed by atoms with Crippen molar-refractivity contribution >= 4 is 17.9 Å². The van der Waals surface area contributed by atoms with Gasteiger partial charge in [0.25, 0.3) is 0 Å². The van der Waals surface area contributed by atoms with E-state index in [0.29, 0.717) is 12.8 Å². The summed E-state index contributed by atoms with van der Waals surface area (Å²) in [6.45, 7) is 4.43. The Hall–Kier alpha value is -2.97. The van der Waals surface area contributed by atoms with E-state index in [1.165, 1.54) is 44.9 Å². The average molecular weight is 716 g/mol. The second kappa shape index (κ2) is 34.1. The molecule has 0 aromatic rings. The second-order valence-corrected chi connectivity index (χ2v) is 14.2. The van der Waals surface area contributed by atoms with Crippen LogP contribution in [0.5, 0.6) is 0 Å². The van der Waals surface area contributed by atoms with Crippen molar-refractivity contribution in [2.24, 2.45) is 0 Å². The molecular formula is C43H73NO7. The van der Waals surface area contributed by atoms with Gasteiger partial charge in [0.1, 0.15) is 12.6 Å². The molecule has 0 bridgehead atoms. The summed E-state index contributed by atoms with van der Waals surface area (Å²) in [4.78, 5) is 36.7. The fourth-order valence-corrected chi connectivity index (χ4v) is 5.37. The minimum absolute atomic E-state index is 0.0174. The van der Waals surface area contributed by atoms with Gasteiger partial charge in [0, 0.05) is 19.3 Å². The molecule has 0 aliphatic rings. The van der Waals surface area contributed by atoms with E-state index in [0.717, 1.165) is 57.8 Å². The molecule has 8 heteroatoms. The van der Waals surface area contributed by atoms with Crippen molar-refractivity contribution < 1.29 is 38.2 Å². The molecule has 0 fully saturated rings. The fourth-order valence-electron chi connectivity index (χ4n) is 5.37. The molecule has 0 saturated heterocycles. The van der Waals surface area contributed by atoms with Gasteiger partial charge in [-0.2, -0.15) is 0 Å². The van der Waals surface area contributed by atoms with E-state index in [1.54, 1.807) is 21.1 Å². The van der Waals surface area contributed by atoms with Gasteiger partial charge >= 0.3 is 11.9 Å². The predicted octanol–water partition coefficient (Wildman–Crippen LogP) is 8.91. The summed E-state index contributed by atoms with van der Waals surface area (Å²) in [7, 11) is 5.37. The first-order chi connectivity index (χ1) is 24.6. The number of hydrogen-bond acceptors (Lipinski definition) is 7. The van der Waals surface area contributed by atoms with Crippen LogP contribution in [0, 0.1) is 0 Å². The van der Waals surface area contributed by atoms with E-state index in [2.05, 4.69) is 38.2 Å². The summed E-state index contributed by atoms with van der Waals surface area (Å²) in [6.07, 6.45) is 39.6. The van der Waals surface area contributed by atoms with Gasteiger partial charge in [0.2, 0.25) is 0 Å². The van der Waals surface area contributed by atoms with Gasteiger partial charge in [0.15, 0.2) is 6.10 Å². The van der Waals surface area contributed by atoms with Crippen molar-refractivity contribution in [3.63, 3.8) is 0 Å². The molecule has 0 saturated carbocycles. The molecule has 0 N–H and O–H groups in total. The smallest absolute Gasteiger partial charge is 0.306 e. The van der Waals surface area contributed by atoms with Crippen LogP contribution in [0.1, 0.15) is 142 Å².